The molecule has 158 valence electrons. The molecule has 9 nitrogen and oxygen atoms in total. The van der Waals surface area contributed by atoms with E-state index in [0.717, 1.165) is 43.4 Å². The van der Waals surface area contributed by atoms with Crippen LogP contribution in [0, 0.1) is 5.92 Å². The number of aromatic nitrogens is 1. The molecule has 1 aliphatic heterocycles. The van der Waals surface area contributed by atoms with Crippen molar-refractivity contribution in [1.29, 1.82) is 0 Å². The summed E-state index contributed by atoms with van der Waals surface area (Å²) >= 11 is -2.23. The van der Waals surface area contributed by atoms with Gasteiger partial charge in [0.25, 0.3) is 5.91 Å². The number of ether oxygens (including phenoxy) is 2. The van der Waals surface area contributed by atoms with Crippen LogP contribution in [0.1, 0.15) is 31.0 Å². The van der Waals surface area contributed by atoms with E-state index in [2.05, 4.69) is 14.6 Å². The van der Waals surface area contributed by atoms with Crippen LogP contribution in [0.5, 0.6) is 11.5 Å². The predicted octanol–water partition coefficient (Wildman–Crippen LogP) is 1.45. The summed E-state index contributed by atoms with van der Waals surface area (Å²) in [5, 5.41) is 0.779. The zero-order chi connectivity index (χ0) is 21.0. The van der Waals surface area contributed by atoms with E-state index in [4.69, 9.17) is 15.2 Å². The van der Waals surface area contributed by atoms with Crippen LogP contribution in [0.4, 0.5) is 5.69 Å². The van der Waals surface area contributed by atoms with Gasteiger partial charge in [0.05, 0.1) is 31.0 Å². The van der Waals surface area contributed by atoms with Gasteiger partial charge in [-0.05, 0) is 31.2 Å². The van der Waals surface area contributed by atoms with Crippen LogP contribution < -0.4 is 24.8 Å². The molecule has 1 atom stereocenters. The Balaban J connectivity index is 0.00000320. The number of pyridine rings is 1. The lowest BCUT2D eigenvalue weighted by Crippen LogP contribution is -2.36. The molecule has 0 bridgehead atoms. The van der Waals surface area contributed by atoms with Gasteiger partial charge in [-0.25, -0.2) is 4.72 Å². The second-order valence-corrected chi connectivity index (χ2v) is 7.72. The molecule has 0 aliphatic carbocycles. The van der Waals surface area contributed by atoms with Gasteiger partial charge in [0, 0.05) is 48.6 Å². The molecular weight excluding hydrogens is 396 g/mol. The average molecular weight is 423 g/mol. The Kier molecular flexibility index (Phi) is 6.88. The summed E-state index contributed by atoms with van der Waals surface area (Å²) in [6, 6.07) is 3.60. The lowest BCUT2D eigenvalue weighted by molar-refractivity contribution is 0.100. The number of piperidine rings is 1. The molecule has 3 N–H and O–H groups in total. The minimum absolute atomic E-state index is 0. The van der Waals surface area contributed by atoms with E-state index in [-0.39, 0.29) is 1.43 Å². The van der Waals surface area contributed by atoms with Crippen LogP contribution in [0.25, 0.3) is 10.9 Å². The number of hydrogen-bond acceptors (Lipinski definition) is 7. The van der Waals surface area contributed by atoms with Gasteiger partial charge in [-0.1, -0.05) is 0 Å². The minimum Gasteiger partial charge on any atom is -0.760 e. The molecule has 1 amide bonds. The minimum atomic E-state index is -2.23. The topological polar surface area (TPSA) is 130 Å². The second-order valence-electron chi connectivity index (χ2n) is 6.96. The van der Waals surface area contributed by atoms with E-state index in [1.807, 2.05) is 6.07 Å². The molecule has 1 fully saturated rings. The van der Waals surface area contributed by atoms with E-state index >= 15 is 0 Å². The third-order valence-corrected chi connectivity index (χ3v) is 5.75. The normalized spacial score (nSPS) is 16.0. The highest BCUT2D eigenvalue weighted by molar-refractivity contribution is 7.77. The number of anilines is 1. The van der Waals surface area contributed by atoms with Crippen molar-refractivity contribution in [2.24, 2.45) is 11.7 Å². The van der Waals surface area contributed by atoms with Gasteiger partial charge in [-0.15, -0.1) is 0 Å². The van der Waals surface area contributed by atoms with E-state index in [9.17, 15) is 13.6 Å². The number of benzene rings is 1. The monoisotopic (exact) mass is 422 g/mol. The summed E-state index contributed by atoms with van der Waals surface area (Å²) in [4.78, 5) is 18.6. The van der Waals surface area contributed by atoms with Gasteiger partial charge in [0.15, 0.2) is 11.5 Å². The number of carbonyl (C=O) groups excluding carboxylic acids is 1. The number of fused-ring (bicyclic) bond motifs is 1. The van der Waals surface area contributed by atoms with Crippen molar-refractivity contribution in [1.82, 2.24) is 9.71 Å². The van der Waals surface area contributed by atoms with Crippen molar-refractivity contribution in [2.45, 2.75) is 19.3 Å². The Morgan fingerprint density at radius 3 is 2.59 bits per heavy atom. The molecule has 1 saturated heterocycles. The Bertz CT molecular complexity index is 921. The first-order valence-electron chi connectivity index (χ1n) is 9.36. The fourth-order valence-electron chi connectivity index (χ4n) is 3.82. The fourth-order valence-corrected chi connectivity index (χ4v) is 4.10. The van der Waals surface area contributed by atoms with Crippen molar-refractivity contribution >= 4 is 33.8 Å². The molecule has 1 unspecified atom stereocenters. The molecule has 29 heavy (non-hydrogen) atoms. The van der Waals surface area contributed by atoms with Gasteiger partial charge in [0.2, 0.25) is 0 Å². The van der Waals surface area contributed by atoms with Crippen molar-refractivity contribution in [3.05, 3.63) is 23.9 Å². The largest absolute Gasteiger partial charge is 1.00 e. The molecule has 10 heteroatoms. The van der Waals surface area contributed by atoms with Gasteiger partial charge < -0.3 is 24.7 Å². The highest BCUT2D eigenvalue weighted by Crippen LogP contribution is 2.38. The molecule has 2 aromatic rings. The molecule has 0 spiro atoms. The molecule has 2 heterocycles. The van der Waals surface area contributed by atoms with Crippen LogP contribution in [-0.2, 0) is 11.3 Å². The summed E-state index contributed by atoms with van der Waals surface area (Å²) in [5.74, 6) is 0.999. The number of hydrogen-bond donors (Lipinski definition) is 2. The maximum absolute atomic E-state index is 12.1. The number of primary amides is 1. The van der Waals surface area contributed by atoms with E-state index in [1.165, 1.54) is 6.20 Å². The van der Waals surface area contributed by atoms with E-state index in [0.29, 0.717) is 35.0 Å². The van der Waals surface area contributed by atoms with Crippen LogP contribution in [0.15, 0.2) is 18.3 Å². The zero-order valence-electron chi connectivity index (χ0n) is 17.5. The first kappa shape index (κ1) is 21.3. The van der Waals surface area contributed by atoms with Crippen LogP contribution in [0.2, 0.25) is 0 Å². The number of nitrogens with one attached hydrogen (secondary N) is 1. The van der Waals surface area contributed by atoms with Gasteiger partial charge in [0.1, 0.15) is 0 Å². The zero-order valence-corrected chi connectivity index (χ0v) is 17.3. The van der Waals surface area contributed by atoms with Gasteiger partial charge in [-0.3, -0.25) is 14.0 Å². The maximum atomic E-state index is 12.1. The Morgan fingerprint density at radius 1 is 1.34 bits per heavy atom. The smallest absolute Gasteiger partial charge is 0.760 e. The molecule has 0 saturated carbocycles. The molecule has 0 radical (unpaired) electrons. The van der Waals surface area contributed by atoms with Crippen LogP contribution >= 0.6 is 0 Å². The van der Waals surface area contributed by atoms with Crippen LogP contribution in [-0.4, -0.2) is 53.5 Å². The standard InChI is InChI=1S/C19H26N4O5S/c1-27-16-9-13-15(10-17(16)28-2)21-11-14(19(20)24)18(13)23-7-4-12(5-8-23)3-6-22-29(25)26/h9-12,22H,3-8H2,1-2H3,(H2,20,24)(H,25,26). The summed E-state index contributed by atoms with van der Waals surface area (Å²) in [5.41, 5.74) is 7.44. The molecule has 1 aromatic heterocycles. The number of rotatable bonds is 8. The Morgan fingerprint density at radius 2 is 2.00 bits per heavy atom. The van der Waals surface area contributed by atoms with Crippen molar-refractivity contribution in [3.8, 4) is 11.5 Å². The third kappa shape index (κ3) is 4.77. The Labute approximate surface area is 173 Å². The van der Waals surface area contributed by atoms with Gasteiger partial charge >= 0.3 is 1.43 Å². The Hall–Kier alpha value is -2.43. The predicted molar refractivity (Wildman–Crippen MR) is 111 cm³/mol. The quantitative estimate of drug-likeness (QED) is 0.616. The third-order valence-electron chi connectivity index (χ3n) is 5.31. The summed E-state index contributed by atoms with van der Waals surface area (Å²) in [6.45, 7) is 1.90. The summed E-state index contributed by atoms with van der Waals surface area (Å²) in [7, 11) is 3.12. The number of nitrogens with two attached hydrogens (primary N) is 1. The molecule has 3 rings (SSSR count). The lowest BCUT2D eigenvalue weighted by Gasteiger charge is -2.35. The molecular formula is C19H26N4O5S. The second kappa shape index (κ2) is 9.38. The number of carbonyl (C=O) groups is 1. The molecule has 1 aromatic carbocycles. The highest BCUT2D eigenvalue weighted by Gasteiger charge is 2.25. The van der Waals surface area contributed by atoms with Crippen LogP contribution in [0.3, 0.4) is 0 Å². The first-order chi connectivity index (χ1) is 13.9. The lowest BCUT2D eigenvalue weighted by atomic mass is 9.92. The number of amides is 1. The fraction of sp³-hybridized carbons (Fsp3) is 0.474. The van der Waals surface area contributed by atoms with Gasteiger partial charge in [-0.2, -0.15) is 0 Å². The highest BCUT2D eigenvalue weighted by atomic mass is 32.2. The van der Waals surface area contributed by atoms with Crippen molar-refractivity contribution in [3.63, 3.8) is 0 Å². The summed E-state index contributed by atoms with van der Waals surface area (Å²) < 4.78 is 34.4. The summed E-state index contributed by atoms with van der Waals surface area (Å²) in [6.07, 6.45) is 4.07. The average Bonchev–Trinajstić information content (AvgIpc) is 2.72. The number of nitrogens with zero attached hydrogens (tertiary/aromatic N) is 2. The van der Waals surface area contributed by atoms with Crippen molar-refractivity contribution < 1.29 is 24.5 Å². The SMILES string of the molecule is COc1cc2ncc(C(N)=O)c(N3CCC(CCNS(=O)[O-])CC3)c2cc1OC.[H+]. The maximum Gasteiger partial charge on any atom is 1.00 e. The number of methoxy groups -OCH3 is 2. The molecule has 1 aliphatic rings. The van der Waals surface area contributed by atoms with E-state index in [1.54, 1.807) is 20.3 Å². The van der Waals surface area contributed by atoms with E-state index < -0.39 is 17.2 Å². The first-order valence-corrected chi connectivity index (χ1v) is 10.4. The van der Waals surface area contributed by atoms with Crippen molar-refractivity contribution in [2.75, 3.05) is 38.8 Å².